The molecule has 2 aliphatic rings. The third-order valence-electron chi connectivity index (χ3n) is 5.11. The van der Waals surface area contributed by atoms with Gasteiger partial charge in [-0.1, -0.05) is 92.1 Å². The lowest BCUT2D eigenvalue weighted by molar-refractivity contribution is 0.331. The summed E-state index contributed by atoms with van der Waals surface area (Å²) < 4.78 is 0. The van der Waals surface area contributed by atoms with Gasteiger partial charge in [-0.15, -0.1) is 0 Å². The second kappa shape index (κ2) is 5.61. The lowest BCUT2D eigenvalue weighted by atomic mass is 9.75. The molecule has 0 nitrogen and oxygen atoms in total. The Labute approximate surface area is 133 Å². The molecule has 0 bridgehead atoms. The molecular weight excluding hydrogens is 264 g/mol. The summed E-state index contributed by atoms with van der Waals surface area (Å²) in [6, 6.07) is 21.7. The van der Waals surface area contributed by atoms with E-state index in [0.717, 1.165) is 0 Å². The molecule has 0 heterocycles. The van der Waals surface area contributed by atoms with Crippen LogP contribution in [0.3, 0.4) is 0 Å². The van der Waals surface area contributed by atoms with Gasteiger partial charge in [0.05, 0.1) is 0 Å². The van der Waals surface area contributed by atoms with Crippen molar-refractivity contribution in [2.45, 2.75) is 32.1 Å². The zero-order valence-corrected chi connectivity index (χ0v) is 13.0. The van der Waals surface area contributed by atoms with Crippen LogP contribution in [0.1, 0.15) is 43.2 Å². The number of allylic oxidation sites excluding steroid dienone is 4. The summed E-state index contributed by atoms with van der Waals surface area (Å²) in [5.41, 5.74) is 5.84. The fourth-order valence-corrected chi connectivity index (χ4v) is 3.98. The highest BCUT2D eigenvalue weighted by Crippen LogP contribution is 2.50. The molecule has 1 saturated carbocycles. The van der Waals surface area contributed by atoms with Gasteiger partial charge in [0.15, 0.2) is 0 Å². The summed E-state index contributed by atoms with van der Waals surface area (Å²) in [6.45, 7) is 0. The molecule has 0 radical (unpaired) electrons. The predicted octanol–water partition coefficient (Wildman–Crippen LogP) is 6.12. The highest BCUT2D eigenvalue weighted by molar-refractivity contribution is 6.07. The zero-order valence-electron chi connectivity index (χ0n) is 13.0. The van der Waals surface area contributed by atoms with Crippen molar-refractivity contribution < 1.29 is 0 Å². The molecule has 0 amide bonds. The molecule has 4 rings (SSSR count). The summed E-state index contributed by atoms with van der Waals surface area (Å²) >= 11 is 0. The highest BCUT2D eigenvalue weighted by atomic mass is 14.4. The Bertz CT molecular complexity index is 641. The van der Waals surface area contributed by atoms with E-state index in [9.17, 15) is 0 Å². The molecule has 1 spiro atoms. The monoisotopic (exact) mass is 286 g/mol. The van der Waals surface area contributed by atoms with Gasteiger partial charge in [0, 0.05) is 5.41 Å². The fourth-order valence-electron chi connectivity index (χ4n) is 3.98. The molecule has 0 unspecified atom stereocenters. The second-order valence-corrected chi connectivity index (χ2v) is 6.64. The molecule has 0 saturated heterocycles. The van der Waals surface area contributed by atoms with Crippen LogP contribution in [0.5, 0.6) is 0 Å². The van der Waals surface area contributed by atoms with Crippen molar-refractivity contribution in [1.29, 1.82) is 0 Å². The summed E-state index contributed by atoms with van der Waals surface area (Å²) in [5.74, 6) is 0. The number of hydrogen-bond acceptors (Lipinski definition) is 0. The Balaban J connectivity index is 1.83. The van der Waals surface area contributed by atoms with Gasteiger partial charge < -0.3 is 0 Å². The van der Waals surface area contributed by atoms with E-state index in [0.29, 0.717) is 5.41 Å². The van der Waals surface area contributed by atoms with Gasteiger partial charge >= 0.3 is 0 Å². The number of benzene rings is 2. The van der Waals surface area contributed by atoms with Crippen LogP contribution in [0, 0.1) is 5.41 Å². The van der Waals surface area contributed by atoms with E-state index in [1.165, 1.54) is 54.4 Å². The minimum Gasteiger partial charge on any atom is -0.0660 e. The van der Waals surface area contributed by atoms with Gasteiger partial charge in [-0.05, 0) is 35.1 Å². The molecule has 2 aromatic carbocycles. The van der Waals surface area contributed by atoms with Crippen LogP contribution in [0.15, 0.2) is 72.8 Å². The van der Waals surface area contributed by atoms with Crippen molar-refractivity contribution in [2.24, 2.45) is 5.41 Å². The first kappa shape index (κ1) is 13.6. The quantitative estimate of drug-likeness (QED) is 0.624. The van der Waals surface area contributed by atoms with Gasteiger partial charge in [0.1, 0.15) is 0 Å². The van der Waals surface area contributed by atoms with Crippen LogP contribution in [0.25, 0.3) is 11.1 Å². The highest BCUT2D eigenvalue weighted by Gasteiger charge is 2.34. The topological polar surface area (TPSA) is 0 Å². The molecule has 2 aromatic rings. The van der Waals surface area contributed by atoms with Gasteiger partial charge in [0.2, 0.25) is 0 Å². The minimum atomic E-state index is 0.300. The van der Waals surface area contributed by atoms with Gasteiger partial charge in [0.25, 0.3) is 0 Å². The summed E-state index contributed by atoms with van der Waals surface area (Å²) in [6.07, 6.45) is 11.8. The van der Waals surface area contributed by atoms with Crippen molar-refractivity contribution in [1.82, 2.24) is 0 Å². The molecule has 1 fully saturated rings. The number of hydrogen-bond donors (Lipinski definition) is 0. The number of rotatable bonds is 2. The summed E-state index contributed by atoms with van der Waals surface area (Å²) in [4.78, 5) is 0. The first-order valence-corrected chi connectivity index (χ1v) is 8.43. The summed E-state index contributed by atoms with van der Waals surface area (Å²) in [7, 11) is 0. The molecule has 0 atom stereocenters. The van der Waals surface area contributed by atoms with Crippen LogP contribution in [-0.4, -0.2) is 0 Å². The molecule has 110 valence electrons. The smallest absolute Gasteiger partial charge is 0.00797 e. The minimum absolute atomic E-state index is 0.300. The second-order valence-electron chi connectivity index (χ2n) is 6.64. The maximum atomic E-state index is 2.56. The van der Waals surface area contributed by atoms with Crippen LogP contribution in [-0.2, 0) is 0 Å². The van der Waals surface area contributed by atoms with Crippen LogP contribution >= 0.6 is 0 Å². The van der Waals surface area contributed by atoms with Gasteiger partial charge in [-0.2, -0.15) is 0 Å². The average molecular weight is 286 g/mol. The van der Waals surface area contributed by atoms with Crippen molar-refractivity contribution in [2.75, 3.05) is 0 Å². The van der Waals surface area contributed by atoms with E-state index in [-0.39, 0.29) is 0 Å². The Morgan fingerprint density at radius 2 is 1.00 bits per heavy atom. The normalized spacial score (nSPS) is 19.8. The van der Waals surface area contributed by atoms with Crippen LogP contribution in [0.2, 0.25) is 0 Å². The first-order valence-electron chi connectivity index (χ1n) is 8.43. The lowest BCUT2D eigenvalue weighted by Gasteiger charge is -2.29. The maximum absolute atomic E-state index is 2.56. The first-order chi connectivity index (χ1) is 10.9. The standard InChI is InChI=1S/C22H22/c1-4-10-18(11-5-1)20-16-22(14-8-3-9-15-22)17-21(20)19-12-6-2-7-13-19/h1-2,4-7,10-13,16-17H,3,8-9,14-15H2. The molecule has 0 aliphatic heterocycles. The fraction of sp³-hybridized carbons (Fsp3) is 0.273. The Morgan fingerprint density at radius 3 is 1.45 bits per heavy atom. The van der Waals surface area contributed by atoms with E-state index < -0.39 is 0 Å². The van der Waals surface area contributed by atoms with E-state index in [2.05, 4.69) is 72.8 Å². The van der Waals surface area contributed by atoms with E-state index in [1.807, 2.05) is 0 Å². The molecule has 0 aromatic heterocycles. The van der Waals surface area contributed by atoms with Crippen LogP contribution < -0.4 is 0 Å². The zero-order chi connectivity index (χ0) is 14.8. The van der Waals surface area contributed by atoms with Crippen molar-refractivity contribution in [3.05, 3.63) is 83.9 Å². The Morgan fingerprint density at radius 1 is 0.545 bits per heavy atom. The van der Waals surface area contributed by atoms with E-state index >= 15 is 0 Å². The molecular formula is C22H22. The molecule has 0 heteroatoms. The SMILES string of the molecule is C1=C(c2ccccc2)C(c2ccccc2)=CC12CCCCC2. The Kier molecular flexibility index (Phi) is 3.46. The molecule has 22 heavy (non-hydrogen) atoms. The van der Waals surface area contributed by atoms with Crippen molar-refractivity contribution >= 4 is 11.1 Å². The van der Waals surface area contributed by atoms with E-state index in [1.54, 1.807) is 0 Å². The van der Waals surface area contributed by atoms with Crippen molar-refractivity contribution in [3.63, 3.8) is 0 Å². The molecule has 0 N–H and O–H groups in total. The maximum Gasteiger partial charge on any atom is 0.00797 e. The van der Waals surface area contributed by atoms with Crippen LogP contribution in [0.4, 0.5) is 0 Å². The average Bonchev–Trinajstić information content (AvgIpc) is 2.96. The summed E-state index contributed by atoms with van der Waals surface area (Å²) in [5, 5.41) is 0. The molecule has 2 aliphatic carbocycles. The third-order valence-corrected chi connectivity index (χ3v) is 5.11. The lowest BCUT2D eigenvalue weighted by Crippen LogP contribution is -2.17. The van der Waals surface area contributed by atoms with Gasteiger partial charge in [-0.25, -0.2) is 0 Å². The third kappa shape index (κ3) is 2.43. The van der Waals surface area contributed by atoms with E-state index in [4.69, 9.17) is 0 Å². The van der Waals surface area contributed by atoms with Gasteiger partial charge in [-0.3, -0.25) is 0 Å². The largest absolute Gasteiger partial charge is 0.0660 e. The Hall–Kier alpha value is -2.08. The predicted molar refractivity (Wildman–Crippen MR) is 94.4 cm³/mol. The van der Waals surface area contributed by atoms with Crippen molar-refractivity contribution in [3.8, 4) is 0 Å².